The van der Waals surface area contributed by atoms with Crippen molar-refractivity contribution in [3.63, 3.8) is 0 Å². The molecule has 0 saturated heterocycles. The molecule has 4 nitrogen and oxygen atoms in total. The Labute approximate surface area is 361 Å². The monoisotopic (exact) mass is 793 g/mol. The Morgan fingerprint density at radius 1 is 0.274 bits per heavy atom. The predicted octanol–water partition coefficient (Wildman–Crippen LogP) is 14.2. The Bertz CT molecular complexity index is 3090. The quantitative estimate of drug-likeness (QED) is 0.154. The van der Waals surface area contributed by atoms with E-state index in [9.17, 15) is 0 Å². The minimum atomic E-state index is -0.856. The molecule has 0 unspecified atom stereocenters. The zero-order valence-electron chi connectivity index (χ0n) is 33.8. The van der Waals surface area contributed by atoms with Gasteiger partial charge in [0.05, 0.1) is 0 Å². The molecule has 0 spiro atoms. The number of aromatic nitrogens is 3. The van der Waals surface area contributed by atoms with E-state index in [-0.39, 0.29) is 0 Å². The molecule has 1 aliphatic rings. The van der Waals surface area contributed by atoms with Crippen molar-refractivity contribution in [2.45, 2.75) is 5.60 Å². The fourth-order valence-corrected chi connectivity index (χ4v) is 8.74. The molecule has 292 valence electrons. The highest BCUT2D eigenvalue weighted by atomic mass is 16.5. The second kappa shape index (κ2) is 15.8. The molecule has 0 N–H and O–H groups in total. The van der Waals surface area contributed by atoms with Gasteiger partial charge in [-0.3, -0.25) is 0 Å². The van der Waals surface area contributed by atoms with Gasteiger partial charge in [-0.25, -0.2) is 15.0 Å². The number of benzene rings is 9. The van der Waals surface area contributed by atoms with Crippen molar-refractivity contribution in [3.8, 4) is 84.4 Å². The molecular formula is C58H39N3O. The molecule has 11 rings (SSSR count). The summed E-state index contributed by atoms with van der Waals surface area (Å²) in [5, 5.41) is 0. The molecule has 1 aliphatic heterocycles. The van der Waals surface area contributed by atoms with Gasteiger partial charge in [-0.2, -0.15) is 0 Å². The number of nitrogens with zero attached hydrogens (tertiary/aromatic N) is 3. The van der Waals surface area contributed by atoms with E-state index < -0.39 is 5.60 Å². The molecule has 62 heavy (non-hydrogen) atoms. The lowest BCUT2D eigenvalue weighted by Gasteiger charge is -2.41. The van der Waals surface area contributed by atoms with Gasteiger partial charge in [0.1, 0.15) is 5.75 Å². The number of ether oxygens (including phenoxy) is 1. The average molecular weight is 794 g/mol. The molecule has 2 heterocycles. The van der Waals surface area contributed by atoms with Crippen LogP contribution in [0.25, 0.3) is 78.7 Å². The van der Waals surface area contributed by atoms with Crippen molar-refractivity contribution in [2.24, 2.45) is 0 Å². The van der Waals surface area contributed by atoms with E-state index in [2.05, 4.69) is 206 Å². The molecule has 0 atom stereocenters. The maximum absolute atomic E-state index is 7.31. The van der Waals surface area contributed by atoms with Crippen LogP contribution in [0.2, 0.25) is 0 Å². The summed E-state index contributed by atoms with van der Waals surface area (Å²) in [6.45, 7) is 0. The van der Waals surface area contributed by atoms with Crippen molar-refractivity contribution >= 4 is 0 Å². The molecule has 0 fully saturated rings. The first-order valence-electron chi connectivity index (χ1n) is 20.9. The topological polar surface area (TPSA) is 47.9 Å². The van der Waals surface area contributed by atoms with E-state index in [0.29, 0.717) is 17.5 Å². The SMILES string of the molecule is c1ccc(-c2cccc(-c3nc(-c4cc(-c5ccccc5)cc(-c5ccccc5)c4)nc(-c4ccc5c(c4)-c4ccccc4C(c4ccccc4)(c4ccccc4)O5)n3)c2)cc1. The summed E-state index contributed by atoms with van der Waals surface area (Å²) in [4.78, 5) is 15.8. The molecule has 10 aromatic rings. The molecular weight excluding hydrogens is 755 g/mol. The molecule has 4 heteroatoms. The summed E-state index contributed by atoms with van der Waals surface area (Å²) in [7, 11) is 0. The van der Waals surface area contributed by atoms with Crippen LogP contribution in [0.4, 0.5) is 0 Å². The first kappa shape index (κ1) is 36.8. The summed E-state index contributed by atoms with van der Waals surface area (Å²) < 4.78 is 7.31. The minimum Gasteiger partial charge on any atom is -0.472 e. The third kappa shape index (κ3) is 6.74. The van der Waals surface area contributed by atoms with Gasteiger partial charge in [-0.15, -0.1) is 0 Å². The zero-order valence-corrected chi connectivity index (χ0v) is 33.8. The number of rotatable bonds is 8. The Hall–Kier alpha value is -8.21. The van der Waals surface area contributed by atoms with Crippen LogP contribution in [-0.2, 0) is 5.60 Å². The van der Waals surface area contributed by atoms with Crippen LogP contribution >= 0.6 is 0 Å². The van der Waals surface area contributed by atoms with Gasteiger partial charge >= 0.3 is 0 Å². The maximum atomic E-state index is 7.31. The van der Waals surface area contributed by atoms with Crippen LogP contribution < -0.4 is 4.74 Å². The van der Waals surface area contributed by atoms with E-state index in [1.165, 1.54) is 0 Å². The van der Waals surface area contributed by atoms with E-state index in [1.807, 2.05) is 30.3 Å². The maximum Gasteiger partial charge on any atom is 0.185 e. The highest BCUT2D eigenvalue weighted by molar-refractivity contribution is 5.84. The highest BCUT2D eigenvalue weighted by Crippen LogP contribution is 2.52. The van der Waals surface area contributed by atoms with Crippen LogP contribution in [0.3, 0.4) is 0 Å². The molecule has 0 saturated carbocycles. The van der Waals surface area contributed by atoms with Gasteiger partial charge in [-0.1, -0.05) is 194 Å². The minimum absolute atomic E-state index is 0.574. The van der Waals surface area contributed by atoms with E-state index in [1.54, 1.807) is 0 Å². The van der Waals surface area contributed by atoms with Crippen LogP contribution in [-0.4, -0.2) is 15.0 Å². The zero-order chi connectivity index (χ0) is 41.3. The Balaban J connectivity index is 1.11. The van der Waals surface area contributed by atoms with Gasteiger partial charge in [0, 0.05) is 38.9 Å². The van der Waals surface area contributed by atoms with Crippen molar-refractivity contribution in [3.05, 3.63) is 253 Å². The van der Waals surface area contributed by atoms with Gasteiger partial charge in [0.25, 0.3) is 0 Å². The molecule has 0 aliphatic carbocycles. The second-order valence-corrected chi connectivity index (χ2v) is 15.6. The number of hydrogen-bond acceptors (Lipinski definition) is 4. The molecule has 0 amide bonds. The fraction of sp³-hybridized carbons (Fsp3) is 0.0172. The van der Waals surface area contributed by atoms with Gasteiger partial charge < -0.3 is 4.74 Å². The third-order valence-electron chi connectivity index (χ3n) is 11.7. The largest absolute Gasteiger partial charge is 0.472 e. The molecule has 9 aromatic carbocycles. The van der Waals surface area contributed by atoms with E-state index in [0.717, 1.165) is 83.6 Å². The first-order valence-corrected chi connectivity index (χ1v) is 20.9. The van der Waals surface area contributed by atoms with Gasteiger partial charge in [0.15, 0.2) is 23.1 Å². The van der Waals surface area contributed by atoms with E-state index >= 15 is 0 Å². The Morgan fingerprint density at radius 3 is 1.24 bits per heavy atom. The van der Waals surface area contributed by atoms with Crippen molar-refractivity contribution in [1.82, 2.24) is 15.0 Å². The van der Waals surface area contributed by atoms with Gasteiger partial charge in [0.2, 0.25) is 0 Å². The second-order valence-electron chi connectivity index (χ2n) is 15.6. The standard InChI is InChI=1S/C58H39N3O/c1-6-19-40(20-7-1)43-25-18-26-44(35-43)55-59-56(61-57(60-55)48-37-46(41-21-8-2-9-22-41)36-47(38-48)42-23-10-3-11-24-42)45-33-34-54-52(39-45)51-31-16-17-32-53(51)58(62-54,49-27-12-4-13-28-49)50-29-14-5-15-30-50/h1-39H. The van der Waals surface area contributed by atoms with Crippen LogP contribution in [0, 0.1) is 0 Å². The van der Waals surface area contributed by atoms with Crippen LogP contribution in [0.1, 0.15) is 16.7 Å². The summed E-state index contributed by atoms with van der Waals surface area (Å²) in [5.74, 6) is 2.54. The van der Waals surface area contributed by atoms with Crippen molar-refractivity contribution < 1.29 is 4.74 Å². The summed E-state index contributed by atoms with van der Waals surface area (Å²) >= 11 is 0. The third-order valence-corrected chi connectivity index (χ3v) is 11.7. The normalized spacial score (nSPS) is 12.5. The molecule has 0 bridgehead atoms. The lowest BCUT2D eigenvalue weighted by atomic mass is 9.75. The summed E-state index contributed by atoms with van der Waals surface area (Å²) in [6.07, 6.45) is 0. The number of fused-ring (bicyclic) bond motifs is 3. The van der Waals surface area contributed by atoms with Crippen LogP contribution in [0.15, 0.2) is 237 Å². The lowest BCUT2D eigenvalue weighted by Crippen LogP contribution is -2.38. The smallest absolute Gasteiger partial charge is 0.185 e. The molecule has 1 aromatic heterocycles. The van der Waals surface area contributed by atoms with Crippen molar-refractivity contribution in [2.75, 3.05) is 0 Å². The van der Waals surface area contributed by atoms with Gasteiger partial charge in [-0.05, 0) is 81.4 Å². The number of hydrogen-bond donors (Lipinski definition) is 0. The first-order chi connectivity index (χ1) is 30.7. The Kier molecular flexibility index (Phi) is 9.36. The van der Waals surface area contributed by atoms with Crippen LogP contribution in [0.5, 0.6) is 5.75 Å². The summed E-state index contributed by atoms with van der Waals surface area (Å²) in [6, 6.07) is 82.4. The lowest BCUT2D eigenvalue weighted by molar-refractivity contribution is 0.152. The Morgan fingerprint density at radius 2 is 0.677 bits per heavy atom. The fourth-order valence-electron chi connectivity index (χ4n) is 8.74. The van der Waals surface area contributed by atoms with Crippen molar-refractivity contribution in [1.29, 1.82) is 0 Å². The summed E-state index contributed by atoms with van der Waals surface area (Å²) in [5.41, 5.74) is 13.7. The average Bonchev–Trinajstić information content (AvgIpc) is 3.37. The molecule has 0 radical (unpaired) electrons. The highest BCUT2D eigenvalue weighted by Gasteiger charge is 2.44. The van der Waals surface area contributed by atoms with E-state index in [4.69, 9.17) is 19.7 Å². The predicted molar refractivity (Wildman–Crippen MR) is 251 cm³/mol.